The Kier molecular flexibility index (Phi) is 2.87. The molecule has 0 radical (unpaired) electrons. The molecule has 13 heavy (non-hydrogen) atoms. The number of terminal acetylenes is 1. The first-order valence-electron chi connectivity index (χ1n) is 3.54. The summed E-state index contributed by atoms with van der Waals surface area (Å²) in [6, 6.07) is 2.54. The number of rotatable bonds is 2. The van der Waals surface area contributed by atoms with Gasteiger partial charge in [0.1, 0.15) is 6.26 Å². The van der Waals surface area contributed by atoms with Crippen molar-refractivity contribution >= 4 is 5.91 Å². The summed E-state index contributed by atoms with van der Waals surface area (Å²) in [6.07, 6.45) is 6.03. The minimum Gasteiger partial charge on any atom is -0.430 e. The van der Waals surface area contributed by atoms with Gasteiger partial charge < -0.3 is 9.73 Å². The lowest BCUT2D eigenvalue weighted by molar-refractivity contribution is 0.0956. The summed E-state index contributed by atoms with van der Waals surface area (Å²) in [6.45, 7) is 0.151. The van der Waals surface area contributed by atoms with E-state index in [1.165, 1.54) is 12.1 Å². The summed E-state index contributed by atoms with van der Waals surface area (Å²) in [4.78, 5) is 21.7. The van der Waals surface area contributed by atoms with E-state index >= 15 is 0 Å². The van der Waals surface area contributed by atoms with E-state index in [0.717, 1.165) is 6.26 Å². The summed E-state index contributed by atoms with van der Waals surface area (Å²) in [5.74, 6) is 1.90. The van der Waals surface area contributed by atoms with Gasteiger partial charge in [0.25, 0.3) is 5.91 Å². The van der Waals surface area contributed by atoms with Crippen LogP contribution >= 0.6 is 0 Å². The van der Waals surface area contributed by atoms with Gasteiger partial charge in [-0.2, -0.15) is 0 Å². The number of carbonyl (C=O) groups is 1. The Balaban J connectivity index is 2.73. The molecule has 0 aliphatic heterocycles. The molecular weight excluding hydrogens is 170 g/mol. The molecular formula is C9H7NO3. The maximum atomic E-state index is 11.1. The van der Waals surface area contributed by atoms with E-state index in [4.69, 9.17) is 6.42 Å². The van der Waals surface area contributed by atoms with Gasteiger partial charge >= 0.3 is 5.63 Å². The van der Waals surface area contributed by atoms with Gasteiger partial charge in [-0.1, -0.05) is 5.92 Å². The topological polar surface area (TPSA) is 59.3 Å². The summed E-state index contributed by atoms with van der Waals surface area (Å²) in [7, 11) is 0. The second-order valence-electron chi connectivity index (χ2n) is 2.23. The quantitative estimate of drug-likeness (QED) is 0.647. The Labute approximate surface area is 74.6 Å². The molecule has 0 atom stereocenters. The molecule has 4 nitrogen and oxygen atoms in total. The van der Waals surface area contributed by atoms with E-state index in [1.54, 1.807) is 0 Å². The fourth-order valence-corrected chi connectivity index (χ4v) is 0.721. The summed E-state index contributed by atoms with van der Waals surface area (Å²) < 4.78 is 4.49. The largest absolute Gasteiger partial charge is 0.430 e. The highest BCUT2D eigenvalue weighted by molar-refractivity contribution is 5.93. The van der Waals surface area contributed by atoms with Crippen molar-refractivity contribution in [1.29, 1.82) is 0 Å². The molecule has 0 aliphatic carbocycles. The van der Waals surface area contributed by atoms with E-state index < -0.39 is 5.63 Å². The van der Waals surface area contributed by atoms with Crippen molar-refractivity contribution in [1.82, 2.24) is 5.32 Å². The first-order valence-corrected chi connectivity index (χ1v) is 3.54. The zero-order chi connectivity index (χ0) is 9.68. The fourth-order valence-electron chi connectivity index (χ4n) is 0.721. The van der Waals surface area contributed by atoms with Crippen LogP contribution in [0, 0.1) is 12.3 Å². The number of carbonyl (C=O) groups excluding carboxylic acids is 1. The first-order chi connectivity index (χ1) is 6.24. The molecule has 4 heteroatoms. The molecule has 0 aromatic carbocycles. The van der Waals surface area contributed by atoms with E-state index in [2.05, 4.69) is 15.7 Å². The Morgan fingerprint density at radius 2 is 2.38 bits per heavy atom. The van der Waals surface area contributed by atoms with E-state index in [9.17, 15) is 9.59 Å². The number of nitrogens with one attached hydrogen (secondary N) is 1. The lowest BCUT2D eigenvalue weighted by atomic mass is 10.3. The smallest absolute Gasteiger partial charge is 0.335 e. The van der Waals surface area contributed by atoms with Gasteiger partial charge in [0.05, 0.1) is 12.1 Å². The third kappa shape index (κ3) is 2.49. The Bertz CT molecular complexity index is 380. The van der Waals surface area contributed by atoms with Crippen molar-refractivity contribution in [3.63, 3.8) is 0 Å². The second kappa shape index (κ2) is 4.12. The highest BCUT2D eigenvalue weighted by Crippen LogP contribution is 1.93. The van der Waals surface area contributed by atoms with Gasteiger partial charge in [-0.15, -0.1) is 6.42 Å². The Hall–Kier alpha value is -2.02. The Morgan fingerprint density at radius 1 is 1.62 bits per heavy atom. The van der Waals surface area contributed by atoms with Crippen LogP contribution in [0.25, 0.3) is 0 Å². The maximum absolute atomic E-state index is 11.1. The molecule has 0 spiro atoms. The third-order valence-corrected chi connectivity index (χ3v) is 1.31. The van der Waals surface area contributed by atoms with Gasteiger partial charge in [0.15, 0.2) is 0 Å². The van der Waals surface area contributed by atoms with Crippen LogP contribution in [0.4, 0.5) is 0 Å². The molecule has 0 fully saturated rings. The van der Waals surface area contributed by atoms with Gasteiger partial charge in [-0.25, -0.2) is 4.79 Å². The van der Waals surface area contributed by atoms with Gasteiger partial charge in [0, 0.05) is 6.07 Å². The zero-order valence-electron chi connectivity index (χ0n) is 6.74. The molecule has 0 saturated carbocycles. The van der Waals surface area contributed by atoms with Crippen LogP contribution in [-0.4, -0.2) is 12.5 Å². The molecule has 1 aromatic rings. The standard InChI is InChI=1S/C9H7NO3/c1-2-5-10-9(12)7-3-4-8(11)13-6-7/h1,3-4,6H,5H2,(H,10,12). The van der Waals surface area contributed by atoms with Crippen LogP contribution in [0.3, 0.4) is 0 Å². The molecule has 0 saturated heterocycles. The van der Waals surface area contributed by atoms with Crippen LogP contribution in [0.15, 0.2) is 27.6 Å². The Morgan fingerprint density at radius 3 is 2.92 bits per heavy atom. The fraction of sp³-hybridized carbons (Fsp3) is 0.111. The van der Waals surface area contributed by atoms with Gasteiger partial charge in [0.2, 0.25) is 0 Å². The van der Waals surface area contributed by atoms with Crippen molar-refractivity contribution in [2.75, 3.05) is 6.54 Å². The molecule has 1 amide bonds. The molecule has 0 bridgehead atoms. The lowest BCUT2D eigenvalue weighted by Crippen LogP contribution is -2.23. The van der Waals surface area contributed by atoms with Crippen LogP contribution in [0.5, 0.6) is 0 Å². The number of amides is 1. The predicted molar refractivity (Wildman–Crippen MR) is 46.1 cm³/mol. The second-order valence-corrected chi connectivity index (χ2v) is 2.23. The average molecular weight is 177 g/mol. The molecule has 0 unspecified atom stereocenters. The maximum Gasteiger partial charge on any atom is 0.335 e. The molecule has 1 rings (SSSR count). The monoisotopic (exact) mass is 177 g/mol. The zero-order valence-corrected chi connectivity index (χ0v) is 6.74. The van der Waals surface area contributed by atoms with Crippen molar-refractivity contribution < 1.29 is 9.21 Å². The van der Waals surface area contributed by atoms with Crippen LogP contribution in [-0.2, 0) is 0 Å². The minimum absolute atomic E-state index is 0.151. The summed E-state index contributed by atoms with van der Waals surface area (Å²) in [5, 5.41) is 2.43. The average Bonchev–Trinajstić information content (AvgIpc) is 2.15. The van der Waals surface area contributed by atoms with Crippen molar-refractivity contribution in [2.24, 2.45) is 0 Å². The number of hydrogen-bond acceptors (Lipinski definition) is 3. The van der Waals surface area contributed by atoms with Gasteiger partial charge in [-0.3, -0.25) is 4.79 Å². The third-order valence-electron chi connectivity index (χ3n) is 1.31. The van der Waals surface area contributed by atoms with Crippen molar-refractivity contribution in [3.05, 3.63) is 34.4 Å². The summed E-state index contributed by atoms with van der Waals surface area (Å²) in [5.41, 5.74) is -0.219. The number of hydrogen-bond donors (Lipinski definition) is 1. The minimum atomic E-state index is -0.492. The van der Waals surface area contributed by atoms with Crippen LogP contribution < -0.4 is 10.9 Å². The highest BCUT2D eigenvalue weighted by Gasteiger charge is 2.03. The van der Waals surface area contributed by atoms with E-state index in [1.807, 2.05) is 0 Å². The highest BCUT2D eigenvalue weighted by atomic mass is 16.4. The molecule has 66 valence electrons. The normalized spacial score (nSPS) is 8.85. The molecule has 1 aromatic heterocycles. The van der Waals surface area contributed by atoms with Gasteiger partial charge in [-0.05, 0) is 6.07 Å². The molecule has 0 aliphatic rings. The predicted octanol–water partition coefficient (Wildman–Crippen LogP) is 0.00280. The molecule has 1 N–H and O–H groups in total. The lowest BCUT2D eigenvalue weighted by Gasteiger charge is -1.98. The van der Waals surface area contributed by atoms with Crippen molar-refractivity contribution in [3.8, 4) is 12.3 Å². The SMILES string of the molecule is C#CCNC(=O)c1ccc(=O)oc1. The van der Waals surface area contributed by atoms with E-state index in [0.29, 0.717) is 0 Å². The first kappa shape index (κ1) is 9.07. The molecule has 1 heterocycles. The van der Waals surface area contributed by atoms with E-state index in [-0.39, 0.29) is 18.0 Å². The van der Waals surface area contributed by atoms with Crippen LogP contribution in [0.1, 0.15) is 10.4 Å². The summed E-state index contributed by atoms with van der Waals surface area (Å²) >= 11 is 0. The van der Waals surface area contributed by atoms with Crippen LogP contribution in [0.2, 0.25) is 0 Å². The van der Waals surface area contributed by atoms with Crippen molar-refractivity contribution in [2.45, 2.75) is 0 Å².